The zero-order valence-electron chi connectivity index (χ0n) is 17.5. The minimum atomic E-state index is -3.65. The molecule has 2 aliphatic rings. The molecule has 13 heteroatoms. The summed E-state index contributed by atoms with van der Waals surface area (Å²) in [5, 5.41) is 1.43. The average molecular weight is 520 g/mol. The lowest BCUT2D eigenvalue weighted by Gasteiger charge is -2.29. The quantitative estimate of drug-likeness (QED) is 0.467. The first-order valence-electron chi connectivity index (χ1n) is 10.1. The Morgan fingerprint density at radius 2 is 1.85 bits per heavy atom. The molecule has 1 saturated heterocycles. The summed E-state index contributed by atoms with van der Waals surface area (Å²) in [4.78, 5) is 30.9. The van der Waals surface area contributed by atoms with Gasteiger partial charge in [-0.25, -0.2) is 26.0 Å². The molecule has 1 saturated carbocycles. The number of amides is 2. The number of piperidine rings is 1. The van der Waals surface area contributed by atoms with Crippen molar-refractivity contribution in [3.63, 3.8) is 0 Å². The molecule has 1 aromatic heterocycles. The minimum Gasteiger partial charge on any atom is -0.342 e. The van der Waals surface area contributed by atoms with Gasteiger partial charge in [-0.3, -0.25) is 14.6 Å². The van der Waals surface area contributed by atoms with Gasteiger partial charge in [0.05, 0.1) is 15.5 Å². The van der Waals surface area contributed by atoms with Crippen LogP contribution in [0.4, 0.5) is 17.6 Å². The van der Waals surface area contributed by atoms with Crippen LogP contribution in [-0.2, 0) is 14.6 Å². The van der Waals surface area contributed by atoms with E-state index in [0.717, 1.165) is 24.7 Å². The highest BCUT2D eigenvalue weighted by Crippen LogP contribution is 2.48. The third-order valence-corrected chi connectivity index (χ3v) is 7.32. The van der Waals surface area contributed by atoms with Crippen LogP contribution in [0.5, 0.6) is 0 Å². The highest BCUT2D eigenvalue weighted by molar-refractivity contribution is 7.90. The number of hydrogen-bond donors (Lipinski definition) is 1. The van der Waals surface area contributed by atoms with Crippen molar-refractivity contribution in [2.45, 2.75) is 42.3 Å². The standard InChI is InChI=1S/C21H18ClF4N3O4S/c1-34(32,33)11-2-10(7-27-8-11)21(31)29-16-3-9(16)4-17(29)20(30)28-18(19(25)26)12-5-15(24)13(22)6-14(12)23/h2,5-9,16-19H,3-4H2,1H3,(H,28,30)/t9-,16-,17-,18+/m1/s1. The van der Waals surface area contributed by atoms with Crippen LogP contribution in [0.1, 0.15) is 34.8 Å². The topological polar surface area (TPSA) is 96.4 Å². The van der Waals surface area contributed by atoms with E-state index < -0.39 is 62.4 Å². The fourth-order valence-electron chi connectivity index (χ4n) is 4.17. The normalized spacial score (nSPS) is 22.4. The molecule has 1 N–H and O–H groups in total. The largest absolute Gasteiger partial charge is 0.342 e. The van der Waals surface area contributed by atoms with E-state index in [-0.39, 0.29) is 28.8 Å². The van der Waals surface area contributed by atoms with Crippen LogP contribution >= 0.6 is 11.6 Å². The second kappa shape index (κ2) is 8.81. The van der Waals surface area contributed by atoms with Crippen molar-refractivity contribution >= 4 is 33.3 Å². The molecule has 0 bridgehead atoms. The number of sulfone groups is 1. The van der Waals surface area contributed by atoms with E-state index in [1.54, 1.807) is 0 Å². The number of likely N-dealkylation sites (tertiary alicyclic amines) is 1. The van der Waals surface area contributed by atoms with Crippen LogP contribution in [0.3, 0.4) is 0 Å². The van der Waals surface area contributed by atoms with E-state index in [0.29, 0.717) is 18.6 Å². The van der Waals surface area contributed by atoms with Crippen LogP contribution in [0.15, 0.2) is 35.5 Å². The van der Waals surface area contributed by atoms with Crippen LogP contribution in [0.2, 0.25) is 5.02 Å². The number of aromatic nitrogens is 1. The molecule has 4 atom stereocenters. The van der Waals surface area contributed by atoms with E-state index in [1.165, 1.54) is 4.90 Å². The first-order valence-corrected chi connectivity index (χ1v) is 12.4. The molecule has 4 rings (SSSR count). The van der Waals surface area contributed by atoms with Crippen LogP contribution < -0.4 is 5.32 Å². The maximum atomic E-state index is 14.2. The number of alkyl halides is 2. The molecule has 2 amide bonds. The van der Waals surface area contributed by atoms with Gasteiger partial charge in [0, 0.05) is 30.3 Å². The number of hydrogen-bond acceptors (Lipinski definition) is 5. The van der Waals surface area contributed by atoms with Gasteiger partial charge in [0.15, 0.2) is 9.84 Å². The maximum absolute atomic E-state index is 14.2. The zero-order chi connectivity index (χ0) is 24.9. The summed E-state index contributed by atoms with van der Waals surface area (Å²) in [6.45, 7) is 0. The second-order valence-electron chi connectivity index (χ2n) is 8.32. The number of nitrogens with zero attached hydrogens (tertiary/aromatic N) is 2. The summed E-state index contributed by atoms with van der Waals surface area (Å²) in [6.07, 6.45) is 0.682. The number of benzene rings is 1. The van der Waals surface area contributed by atoms with Gasteiger partial charge in [0.1, 0.15) is 23.7 Å². The molecule has 182 valence electrons. The summed E-state index contributed by atoms with van der Waals surface area (Å²) < 4.78 is 79.1. The lowest BCUT2D eigenvalue weighted by atomic mass is 10.0. The molecule has 34 heavy (non-hydrogen) atoms. The van der Waals surface area contributed by atoms with Gasteiger partial charge in [0.25, 0.3) is 12.3 Å². The number of fused-ring (bicyclic) bond motifs is 1. The van der Waals surface area contributed by atoms with Crippen molar-refractivity contribution < 1.29 is 35.6 Å². The molecule has 0 spiro atoms. The first kappa shape index (κ1) is 24.4. The van der Waals surface area contributed by atoms with E-state index in [9.17, 15) is 35.6 Å². The number of pyridine rings is 1. The van der Waals surface area contributed by atoms with Gasteiger partial charge in [-0.2, -0.15) is 0 Å². The van der Waals surface area contributed by atoms with Gasteiger partial charge in [-0.1, -0.05) is 11.6 Å². The van der Waals surface area contributed by atoms with E-state index in [1.807, 2.05) is 5.32 Å². The molecule has 1 aromatic carbocycles. The van der Waals surface area contributed by atoms with E-state index in [4.69, 9.17) is 11.6 Å². The van der Waals surface area contributed by atoms with Crippen molar-refractivity contribution in [1.82, 2.24) is 15.2 Å². The van der Waals surface area contributed by atoms with Crippen molar-refractivity contribution in [3.8, 4) is 0 Å². The highest BCUT2D eigenvalue weighted by Gasteiger charge is 2.56. The molecular weight excluding hydrogens is 502 g/mol. The van der Waals surface area contributed by atoms with Crippen LogP contribution in [0.25, 0.3) is 0 Å². The number of rotatable bonds is 6. The Bertz CT molecular complexity index is 1280. The lowest BCUT2D eigenvalue weighted by Crippen LogP contribution is -2.49. The van der Waals surface area contributed by atoms with Gasteiger partial charge < -0.3 is 10.2 Å². The molecule has 1 aliphatic carbocycles. The van der Waals surface area contributed by atoms with Gasteiger partial charge >= 0.3 is 0 Å². The summed E-state index contributed by atoms with van der Waals surface area (Å²) in [5.74, 6) is -4.02. The molecule has 2 aromatic rings. The van der Waals surface area contributed by atoms with Gasteiger partial charge in [-0.05, 0) is 37.0 Å². The number of carbonyl (C=O) groups is 2. The Hall–Kier alpha value is -2.73. The monoisotopic (exact) mass is 519 g/mol. The van der Waals surface area contributed by atoms with Crippen molar-refractivity contribution in [3.05, 3.63) is 58.4 Å². The van der Waals surface area contributed by atoms with Gasteiger partial charge in [-0.15, -0.1) is 0 Å². The lowest BCUT2D eigenvalue weighted by molar-refractivity contribution is -0.127. The second-order valence-corrected chi connectivity index (χ2v) is 10.7. The predicted octanol–water partition coefficient (Wildman–Crippen LogP) is 3.14. The van der Waals surface area contributed by atoms with Crippen LogP contribution in [0, 0.1) is 17.6 Å². The van der Waals surface area contributed by atoms with E-state index in [2.05, 4.69) is 4.98 Å². The van der Waals surface area contributed by atoms with Crippen molar-refractivity contribution in [1.29, 1.82) is 0 Å². The molecule has 7 nitrogen and oxygen atoms in total. The summed E-state index contributed by atoms with van der Waals surface area (Å²) in [6, 6.07) is -1.49. The Morgan fingerprint density at radius 1 is 1.15 bits per heavy atom. The molecule has 2 heterocycles. The molecule has 0 radical (unpaired) electrons. The zero-order valence-corrected chi connectivity index (χ0v) is 19.1. The number of nitrogens with one attached hydrogen (secondary N) is 1. The number of carbonyl (C=O) groups excluding carboxylic acids is 2. The molecule has 2 fully saturated rings. The summed E-state index contributed by atoms with van der Waals surface area (Å²) >= 11 is 5.48. The third kappa shape index (κ3) is 4.61. The predicted molar refractivity (Wildman–Crippen MR) is 112 cm³/mol. The van der Waals surface area contributed by atoms with Crippen LogP contribution in [-0.4, -0.2) is 54.9 Å². The Morgan fingerprint density at radius 3 is 2.50 bits per heavy atom. The SMILES string of the molecule is CS(=O)(=O)c1cncc(C(=O)N2[C@@H](C(=O)N[C@@H](c3cc(F)c(Cl)cc3F)C(F)F)C[C@H]3C[C@H]32)c1. The molecule has 0 unspecified atom stereocenters. The number of halogens is 5. The first-order chi connectivity index (χ1) is 15.9. The Kier molecular flexibility index (Phi) is 6.32. The summed E-state index contributed by atoms with van der Waals surface area (Å²) in [5.41, 5.74) is -0.860. The average Bonchev–Trinajstić information content (AvgIpc) is 3.43. The minimum absolute atomic E-state index is 0.0273. The van der Waals surface area contributed by atoms with Crippen molar-refractivity contribution in [2.75, 3.05) is 6.26 Å². The fourth-order valence-corrected chi connectivity index (χ4v) is 4.92. The Balaban J connectivity index is 1.59. The van der Waals surface area contributed by atoms with E-state index >= 15 is 0 Å². The molecule has 1 aliphatic heterocycles. The third-order valence-electron chi connectivity index (χ3n) is 5.95. The van der Waals surface area contributed by atoms with Crippen molar-refractivity contribution in [2.24, 2.45) is 5.92 Å². The summed E-state index contributed by atoms with van der Waals surface area (Å²) in [7, 11) is -3.65. The van der Waals surface area contributed by atoms with Gasteiger partial charge in [0.2, 0.25) is 5.91 Å². The molecular formula is C21H18ClF4N3O4S. The fraction of sp³-hybridized carbons (Fsp3) is 0.381. The highest BCUT2D eigenvalue weighted by atomic mass is 35.5. The Labute approximate surface area is 197 Å². The maximum Gasteiger partial charge on any atom is 0.262 e. The smallest absolute Gasteiger partial charge is 0.262 e.